The van der Waals surface area contributed by atoms with Crippen molar-refractivity contribution in [3.63, 3.8) is 0 Å². The van der Waals surface area contributed by atoms with Crippen molar-refractivity contribution in [3.05, 3.63) is 11.6 Å². The molecule has 5 nitrogen and oxygen atoms in total. The molecule has 6 heteroatoms. The van der Waals surface area contributed by atoms with Gasteiger partial charge in [0.1, 0.15) is 28.8 Å². The first-order chi connectivity index (χ1) is 14.3. The van der Waals surface area contributed by atoms with Crippen molar-refractivity contribution in [3.8, 4) is 0 Å². The molecular weight excluding hydrogens is 491 g/mol. The van der Waals surface area contributed by atoms with E-state index in [0.717, 1.165) is 64.2 Å². The Morgan fingerprint density at radius 1 is 1.10 bits per heavy atom. The zero-order valence-electron chi connectivity index (χ0n) is 19.9. The average Bonchev–Trinajstić information content (AvgIpc) is 2.69. The maximum atomic E-state index is 6.34. The summed E-state index contributed by atoms with van der Waals surface area (Å²) in [5.74, 6) is 2.27. The normalized spacial score (nSPS) is 26.1. The van der Waals surface area contributed by atoms with Crippen LogP contribution in [0.5, 0.6) is 0 Å². The first-order valence-corrected chi connectivity index (χ1v) is 12.7. The predicted octanol–water partition coefficient (Wildman–Crippen LogP) is 5.82. The van der Waals surface area contributed by atoms with E-state index in [-0.39, 0.29) is 0 Å². The number of likely N-dealkylation sites (tertiary alicyclic amines) is 1. The van der Waals surface area contributed by atoms with Gasteiger partial charge in [0.15, 0.2) is 0 Å². The first-order valence-electron chi connectivity index (χ1n) is 11.9. The van der Waals surface area contributed by atoms with Gasteiger partial charge in [-0.1, -0.05) is 19.4 Å². The molecular formula is C24H43IN2O3. The lowest BCUT2D eigenvalue weighted by atomic mass is 9.87. The summed E-state index contributed by atoms with van der Waals surface area (Å²) in [6, 6.07) is 0. The number of halogens is 1. The van der Waals surface area contributed by atoms with Gasteiger partial charge < -0.3 is 17.4 Å². The number of hydrogen-bond acceptors (Lipinski definition) is 4. The number of allylic oxidation sites excluding steroid dienone is 1. The van der Waals surface area contributed by atoms with Crippen LogP contribution < -0.4 is 0 Å². The molecule has 2 rings (SSSR count). The molecule has 1 heterocycles. The van der Waals surface area contributed by atoms with Gasteiger partial charge in [0, 0.05) is 19.6 Å². The number of rotatable bonds is 11. The Kier molecular flexibility index (Phi) is 11.6. The lowest BCUT2D eigenvalue weighted by molar-refractivity contribution is -0.144. The van der Waals surface area contributed by atoms with E-state index in [4.69, 9.17) is 17.5 Å². The quantitative estimate of drug-likeness (QED) is 0.191. The van der Waals surface area contributed by atoms with E-state index in [1.807, 2.05) is 23.0 Å². The van der Waals surface area contributed by atoms with Gasteiger partial charge in [-0.2, -0.15) is 0 Å². The second-order valence-corrected chi connectivity index (χ2v) is 9.93. The number of ether oxygens (including phenoxy) is 2. The summed E-state index contributed by atoms with van der Waals surface area (Å²) in [7, 11) is 0. The highest BCUT2D eigenvalue weighted by atomic mass is 127. The molecule has 0 amide bonds. The van der Waals surface area contributed by atoms with E-state index >= 15 is 0 Å². The molecule has 0 spiro atoms. The van der Waals surface area contributed by atoms with Crippen molar-refractivity contribution in [1.82, 2.24) is 4.90 Å². The highest BCUT2D eigenvalue weighted by Gasteiger charge is 2.34. The smallest absolute Gasteiger partial charge is 0.123 e. The summed E-state index contributed by atoms with van der Waals surface area (Å²) in [5.41, 5.74) is 1.41. The highest BCUT2D eigenvalue weighted by molar-refractivity contribution is 14.1. The molecule has 174 valence electrons. The maximum absolute atomic E-state index is 6.34. The molecule has 2 aliphatic rings. The minimum Gasteiger partial charge on any atom is -0.375 e. The molecule has 0 unspecified atom stereocenters. The third-order valence-corrected chi connectivity index (χ3v) is 7.01. The summed E-state index contributed by atoms with van der Waals surface area (Å²) < 4.78 is 17.4. The molecule has 0 aromatic rings. The molecule has 0 N–H and O–H groups in total. The molecule has 1 aliphatic heterocycles. The van der Waals surface area contributed by atoms with Gasteiger partial charge >= 0.3 is 0 Å². The van der Waals surface area contributed by atoms with Crippen LogP contribution in [0.1, 0.15) is 73.6 Å². The predicted molar refractivity (Wildman–Crippen MR) is 133 cm³/mol. The minimum atomic E-state index is 0.317. The van der Waals surface area contributed by atoms with Crippen molar-refractivity contribution in [2.24, 2.45) is 16.8 Å². The van der Waals surface area contributed by atoms with Gasteiger partial charge in [-0.05, 0) is 77.7 Å². The molecule has 0 aromatic heterocycles. The van der Waals surface area contributed by atoms with Crippen LogP contribution >= 0.6 is 23.0 Å². The van der Waals surface area contributed by atoms with Crippen molar-refractivity contribution in [1.29, 1.82) is 0 Å². The van der Waals surface area contributed by atoms with Crippen LogP contribution in [-0.4, -0.2) is 61.4 Å². The maximum Gasteiger partial charge on any atom is 0.123 e. The fourth-order valence-electron chi connectivity index (χ4n) is 4.28. The third kappa shape index (κ3) is 8.40. The standard InChI is InChI=1S/C24H43IN2O3/c1-7-26-24(14-19(5)20(6)18(4)10-13-28-25)27-11-8-21(9-12-27)30-23-15-22(16-23)29-17(2)3/h14,17-18,20-23H,7-13,15-16H2,1-6H3/b19-14+,26-24+/t18-,20+,22?,23?/m0/s1. The van der Waals surface area contributed by atoms with Crippen LogP contribution in [0.25, 0.3) is 0 Å². The Hall–Kier alpha value is -0.180. The zero-order chi connectivity index (χ0) is 22.1. The van der Waals surface area contributed by atoms with Crippen LogP contribution in [0.15, 0.2) is 16.6 Å². The fourth-order valence-corrected chi connectivity index (χ4v) is 4.54. The Balaban J connectivity index is 1.82. The van der Waals surface area contributed by atoms with Crippen LogP contribution in [0, 0.1) is 11.8 Å². The van der Waals surface area contributed by atoms with E-state index in [2.05, 4.69) is 52.5 Å². The molecule has 0 bridgehead atoms. The zero-order valence-corrected chi connectivity index (χ0v) is 22.1. The van der Waals surface area contributed by atoms with E-state index in [1.165, 1.54) is 5.57 Å². The molecule has 1 saturated heterocycles. The molecule has 0 aromatic carbocycles. The molecule has 2 atom stereocenters. The molecule has 30 heavy (non-hydrogen) atoms. The second-order valence-electron chi connectivity index (χ2n) is 9.31. The molecule has 0 radical (unpaired) electrons. The van der Waals surface area contributed by atoms with E-state index in [9.17, 15) is 0 Å². The van der Waals surface area contributed by atoms with E-state index in [1.54, 1.807) is 0 Å². The van der Waals surface area contributed by atoms with Gasteiger partial charge in [0.05, 0.1) is 31.0 Å². The van der Waals surface area contributed by atoms with Crippen molar-refractivity contribution < 1.29 is 12.5 Å². The summed E-state index contributed by atoms with van der Waals surface area (Å²) in [6.45, 7) is 16.9. The minimum absolute atomic E-state index is 0.317. The molecule has 2 fully saturated rings. The average molecular weight is 535 g/mol. The van der Waals surface area contributed by atoms with Crippen LogP contribution in [-0.2, 0) is 12.5 Å². The van der Waals surface area contributed by atoms with Gasteiger partial charge in [0.25, 0.3) is 0 Å². The SMILES string of the molecule is CC/N=C(\C=C(/C)[C@H](C)[C@@H](C)CCOI)N1CCC(OC2CC(OC(C)C)C2)CC1. The van der Waals surface area contributed by atoms with Crippen molar-refractivity contribution in [2.45, 2.75) is 98.1 Å². The van der Waals surface area contributed by atoms with Gasteiger partial charge in [-0.15, -0.1) is 0 Å². The summed E-state index contributed by atoms with van der Waals surface area (Å²) in [4.78, 5) is 7.27. The second kappa shape index (κ2) is 13.4. The fraction of sp³-hybridized carbons (Fsp3) is 0.875. The Morgan fingerprint density at radius 3 is 2.33 bits per heavy atom. The first kappa shape index (κ1) is 26.1. The third-order valence-electron chi connectivity index (χ3n) is 6.57. The number of amidine groups is 1. The van der Waals surface area contributed by atoms with Gasteiger partial charge in [-0.25, -0.2) is 0 Å². The summed E-state index contributed by atoms with van der Waals surface area (Å²) in [6.07, 6.45) is 9.18. The highest BCUT2D eigenvalue weighted by Crippen LogP contribution is 2.30. The van der Waals surface area contributed by atoms with Gasteiger partial charge in [-0.3, -0.25) is 4.99 Å². The number of nitrogens with zero attached hydrogens (tertiary/aromatic N) is 2. The Labute approximate surface area is 198 Å². The van der Waals surface area contributed by atoms with Crippen molar-refractivity contribution >= 4 is 28.8 Å². The Bertz CT molecular complexity index is 553. The summed E-state index contributed by atoms with van der Waals surface area (Å²) >= 11 is 1.98. The topological polar surface area (TPSA) is 43.3 Å². The van der Waals surface area contributed by atoms with Gasteiger partial charge in [0.2, 0.25) is 0 Å². The van der Waals surface area contributed by atoms with Crippen LogP contribution in [0.2, 0.25) is 0 Å². The summed E-state index contributed by atoms with van der Waals surface area (Å²) in [5, 5.41) is 0. The molecule has 1 saturated carbocycles. The number of piperidine rings is 1. The van der Waals surface area contributed by atoms with E-state index in [0.29, 0.717) is 36.3 Å². The number of aliphatic imine (C=N–C) groups is 1. The largest absolute Gasteiger partial charge is 0.375 e. The Morgan fingerprint density at radius 2 is 1.77 bits per heavy atom. The lowest BCUT2D eigenvalue weighted by Gasteiger charge is -2.40. The molecule has 1 aliphatic carbocycles. The van der Waals surface area contributed by atoms with Crippen molar-refractivity contribution in [2.75, 3.05) is 26.2 Å². The van der Waals surface area contributed by atoms with Crippen LogP contribution in [0.3, 0.4) is 0 Å². The van der Waals surface area contributed by atoms with Crippen LogP contribution in [0.4, 0.5) is 0 Å². The monoisotopic (exact) mass is 534 g/mol. The van der Waals surface area contributed by atoms with E-state index < -0.39 is 0 Å². The number of hydrogen-bond donors (Lipinski definition) is 0. The lowest BCUT2D eigenvalue weighted by Crippen LogP contribution is -2.45.